The van der Waals surface area contributed by atoms with Crippen molar-refractivity contribution in [2.45, 2.75) is 51.6 Å². The van der Waals surface area contributed by atoms with Crippen molar-refractivity contribution < 1.29 is 0 Å². The van der Waals surface area contributed by atoms with Gasteiger partial charge in [-0.15, -0.1) is 0 Å². The van der Waals surface area contributed by atoms with Gasteiger partial charge in [0.25, 0.3) is 0 Å². The van der Waals surface area contributed by atoms with Crippen molar-refractivity contribution in [3.8, 4) is 11.3 Å². The third kappa shape index (κ3) is 2.88. The third-order valence-electron chi connectivity index (χ3n) is 4.58. The van der Waals surface area contributed by atoms with Gasteiger partial charge in [-0.2, -0.15) is 5.10 Å². The van der Waals surface area contributed by atoms with Crippen LogP contribution in [0.5, 0.6) is 0 Å². The maximum Gasteiger partial charge on any atom is 0.0953 e. The number of hydrogen-bond acceptors (Lipinski definition) is 3. The van der Waals surface area contributed by atoms with Crippen LogP contribution in [-0.4, -0.2) is 25.9 Å². The topological polar surface area (TPSA) is 61.7 Å². The Kier molecular flexibility index (Phi) is 4.39. The molecule has 2 aromatic heterocycles. The van der Waals surface area contributed by atoms with Gasteiger partial charge in [0.1, 0.15) is 0 Å². The lowest BCUT2D eigenvalue weighted by Crippen LogP contribution is -2.29. The van der Waals surface area contributed by atoms with Crippen LogP contribution in [-0.2, 0) is 6.54 Å². The normalized spacial score (nSPS) is 22.6. The largest absolute Gasteiger partial charge is 0.330 e. The van der Waals surface area contributed by atoms with Crippen LogP contribution in [0.25, 0.3) is 11.3 Å². The van der Waals surface area contributed by atoms with Crippen LogP contribution < -0.4 is 5.73 Å². The van der Waals surface area contributed by atoms with Crippen molar-refractivity contribution in [1.29, 1.82) is 0 Å². The minimum Gasteiger partial charge on any atom is -0.330 e. The Balaban J connectivity index is 1.88. The highest BCUT2D eigenvalue weighted by atomic mass is 15.3. The molecular weight excluding hydrogens is 262 g/mol. The molecule has 1 fully saturated rings. The van der Waals surface area contributed by atoms with Gasteiger partial charge < -0.3 is 10.3 Å². The zero-order valence-corrected chi connectivity index (χ0v) is 12.8. The van der Waals surface area contributed by atoms with Crippen molar-refractivity contribution in [2.24, 2.45) is 11.7 Å². The molecule has 2 aromatic rings. The van der Waals surface area contributed by atoms with Gasteiger partial charge in [-0.25, -0.2) is 4.98 Å². The number of hydrogen-bond donors (Lipinski definition) is 1. The lowest BCUT2D eigenvalue weighted by atomic mass is 9.84. The highest BCUT2D eigenvalue weighted by Gasteiger charge is 2.27. The van der Waals surface area contributed by atoms with Crippen LogP contribution in [0, 0.1) is 5.92 Å². The van der Waals surface area contributed by atoms with Crippen LogP contribution in [0.1, 0.15) is 45.1 Å². The third-order valence-corrected chi connectivity index (χ3v) is 4.58. The van der Waals surface area contributed by atoms with E-state index in [0.717, 1.165) is 25.1 Å². The Morgan fingerprint density at radius 3 is 2.95 bits per heavy atom. The molecule has 1 aliphatic carbocycles. The summed E-state index contributed by atoms with van der Waals surface area (Å²) in [6, 6.07) is 0.482. The van der Waals surface area contributed by atoms with Crippen molar-refractivity contribution in [3.63, 3.8) is 0 Å². The fraction of sp³-hybridized carbons (Fsp3) is 0.625. The molecule has 2 N–H and O–H groups in total. The zero-order valence-electron chi connectivity index (χ0n) is 12.8. The molecule has 0 bridgehead atoms. The minimum absolute atomic E-state index is 0.482. The molecule has 0 amide bonds. The van der Waals surface area contributed by atoms with Crippen LogP contribution >= 0.6 is 0 Å². The Morgan fingerprint density at radius 2 is 2.14 bits per heavy atom. The molecule has 0 radical (unpaired) electrons. The molecule has 1 aliphatic rings. The Hall–Kier alpha value is -1.62. The average molecular weight is 287 g/mol. The summed E-state index contributed by atoms with van der Waals surface area (Å²) in [6.45, 7) is 3.89. The van der Waals surface area contributed by atoms with E-state index in [-0.39, 0.29) is 0 Å². The molecular formula is C16H25N5. The molecule has 0 spiro atoms. The Morgan fingerprint density at radius 1 is 1.29 bits per heavy atom. The monoisotopic (exact) mass is 287 g/mol. The number of nitrogens with zero attached hydrogens (tertiary/aromatic N) is 4. The van der Waals surface area contributed by atoms with Crippen LogP contribution in [0.4, 0.5) is 0 Å². The van der Waals surface area contributed by atoms with Gasteiger partial charge in [0.2, 0.25) is 0 Å². The highest BCUT2D eigenvalue weighted by molar-refractivity contribution is 5.56. The molecule has 0 aliphatic heterocycles. The van der Waals surface area contributed by atoms with Gasteiger partial charge >= 0.3 is 0 Å². The lowest BCUT2D eigenvalue weighted by molar-refractivity contribution is 0.246. The summed E-state index contributed by atoms with van der Waals surface area (Å²) in [5.74, 6) is 0.567. The van der Waals surface area contributed by atoms with Crippen LogP contribution in [0.3, 0.4) is 0 Å². The second-order valence-corrected chi connectivity index (χ2v) is 6.03. The van der Waals surface area contributed by atoms with Crippen molar-refractivity contribution in [1.82, 2.24) is 19.3 Å². The van der Waals surface area contributed by atoms with E-state index in [1.165, 1.54) is 31.4 Å². The van der Waals surface area contributed by atoms with Crippen LogP contribution in [0.15, 0.2) is 24.9 Å². The summed E-state index contributed by atoms with van der Waals surface area (Å²) in [7, 11) is 0. The van der Waals surface area contributed by atoms with Gasteiger partial charge in [-0.1, -0.05) is 19.8 Å². The highest BCUT2D eigenvalue weighted by Crippen LogP contribution is 2.36. The molecule has 3 rings (SSSR count). The SMILES string of the molecule is CCCn1cc(-c2cncn2C2CCCCC2CN)cn1. The molecule has 0 aromatic carbocycles. The number of imidazole rings is 1. The smallest absolute Gasteiger partial charge is 0.0953 e. The van der Waals surface area contributed by atoms with Gasteiger partial charge in [-0.3, -0.25) is 4.68 Å². The number of rotatable bonds is 5. The van der Waals surface area contributed by atoms with Crippen molar-refractivity contribution >= 4 is 0 Å². The first-order chi connectivity index (χ1) is 10.3. The molecule has 0 saturated heterocycles. The minimum atomic E-state index is 0.482. The van der Waals surface area contributed by atoms with E-state index < -0.39 is 0 Å². The number of aromatic nitrogens is 4. The van der Waals surface area contributed by atoms with Crippen molar-refractivity contribution in [2.75, 3.05) is 6.54 Å². The molecule has 2 unspecified atom stereocenters. The van der Waals surface area contributed by atoms with E-state index in [2.05, 4.69) is 27.8 Å². The first-order valence-electron chi connectivity index (χ1n) is 8.08. The molecule has 2 atom stereocenters. The summed E-state index contributed by atoms with van der Waals surface area (Å²) >= 11 is 0. The summed E-state index contributed by atoms with van der Waals surface area (Å²) in [5.41, 5.74) is 8.31. The fourth-order valence-electron chi connectivity index (χ4n) is 3.47. The van der Waals surface area contributed by atoms with E-state index >= 15 is 0 Å². The van der Waals surface area contributed by atoms with Crippen LogP contribution in [0.2, 0.25) is 0 Å². The average Bonchev–Trinajstić information content (AvgIpc) is 3.16. The predicted molar refractivity (Wildman–Crippen MR) is 83.8 cm³/mol. The molecule has 2 heterocycles. The molecule has 1 saturated carbocycles. The second-order valence-electron chi connectivity index (χ2n) is 6.03. The predicted octanol–water partition coefficient (Wildman–Crippen LogP) is 2.85. The Bertz CT molecular complexity index is 571. The van der Waals surface area contributed by atoms with E-state index in [1.807, 2.05) is 23.4 Å². The number of aryl methyl sites for hydroxylation is 1. The van der Waals surface area contributed by atoms with E-state index in [0.29, 0.717) is 12.0 Å². The lowest BCUT2D eigenvalue weighted by Gasteiger charge is -2.32. The van der Waals surface area contributed by atoms with E-state index in [4.69, 9.17) is 5.73 Å². The summed E-state index contributed by atoms with van der Waals surface area (Å²) in [5, 5.41) is 4.44. The summed E-state index contributed by atoms with van der Waals surface area (Å²) < 4.78 is 4.33. The molecule has 114 valence electrons. The maximum absolute atomic E-state index is 5.98. The first-order valence-corrected chi connectivity index (χ1v) is 8.08. The van der Waals surface area contributed by atoms with Gasteiger partial charge in [-0.05, 0) is 31.7 Å². The zero-order chi connectivity index (χ0) is 14.7. The molecule has 5 heteroatoms. The second kappa shape index (κ2) is 6.43. The number of nitrogens with two attached hydrogens (primary N) is 1. The Labute approximate surface area is 126 Å². The fourth-order valence-corrected chi connectivity index (χ4v) is 3.47. The van der Waals surface area contributed by atoms with Gasteiger partial charge in [0.15, 0.2) is 0 Å². The molecule has 5 nitrogen and oxygen atoms in total. The van der Waals surface area contributed by atoms with E-state index in [9.17, 15) is 0 Å². The van der Waals surface area contributed by atoms with Gasteiger partial charge in [0, 0.05) is 24.3 Å². The summed E-state index contributed by atoms with van der Waals surface area (Å²) in [4.78, 5) is 4.38. The standard InChI is InChI=1S/C16H25N5/c1-2-7-20-11-14(9-19-20)16-10-18-12-21(16)15-6-4-3-5-13(15)8-17/h9-13,15H,2-8,17H2,1H3. The van der Waals surface area contributed by atoms with Gasteiger partial charge in [0.05, 0.1) is 24.4 Å². The van der Waals surface area contributed by atoms with Crippen molar-refractivity contribution in [3.05, 3.63) is 24.9 Å². The quantitative estimate of drug-likeness (QED) is 0.919. The van der Waals surface area contributed by atoms with E-state index in [1.54, 1.807) is 0 Å². The summed E-state index contributed by atoms with van der Waals surface area (Å²) in [6.07, 6.45) is 14.1. The first kappa shape index (κ1) is 14.3. The molecule has 21 heavy (non-hydrogen) atoms. The maximum atomic E-state index is 5.98.